The first-order chi connectivity index (χ1) is 16.3. The SMILES string of the molecule is Cc1cc(-n2c3ccccc3c3cccc(C)c32)[n+](C)cc1-c1c(C(C)C)cccc1C(C)C. The molecule has 2 nitrogen and oxygen atoms in total. The normalized spacial score (nSPS) is 11.9. The molecule has 0 atom stereocenters. The van der Waals surface area contributed by atoms with Gasteiger partial charge in [0, 0.05) is 22.4 Å². The largest absolute Gasteiger partial charge is 0.287 e. The Hall–Kier alpha value is -3.39. The summed E-state index contributed by atoms with van der Waals surface area (Å²) in [5.74, 6) is 2.13. The highest BCUT2D eigenvalue weighted by Crippen LogP contribution is 2.38. The monoisotopic (exact) mass is 447 g/mol. The van der Waals surface area contributed by atoms with Gasteiger partial charge in [0.15, 0.2) is 0 Å². The number of benzene rings is 3. The smallest absolute Gasteiger partial charge is 0.236 e. The van der Waals surface area contributed by atoms with Crippen molar-refractivity contribution in [3.63, 3.8) is 0 Å². The fourth-order valence-electron chi connectivity index (χ4n) is 5.51. The summed E-state index contributed by atoms with van der Waals surface area (Å²) in [5.41, 5.74) is 10.7. The van der Waals surface area contributed by atoms with E-state index in [1.54, 1.807) is 0 Å². The molecule has 3 aromatic carbocycles. The van der Waals surface area contributed by atoms with Crippen molar-refractivity contribution in [2.45, 2.75) is 53.4 Å². The highest BCUT2D eigenvalue weighted by Gasteiger charge is 2.25. The lowest BCUT2D eigenvalue weighted by molar-refractivity contribution is -0.665. The Balaban J connectivity index is 1.83. The first kappa shape index (κ1) is 22.4. The van der Waals surface area contributed by atoms with E-state index < -0.39 is 0 Å². The fraction of sp³-hybridized carbons (Fsp3) is 0.281. The van der Waals surface area contributed by atoms with Gasteiger partial charge in [-0.05, 0) is 71.7 Å². The van der Waals surface area contributed by atoms with E-state index in [4.69, 9.17) is 0 Å². The Morgan fingerprint density at radius 2 is 1.32 bits per heavy atom. The number of para-hydroxylation sites is 2. The lowest BCUT2D eigenvalue weighted by atomic mass is 9.84. The maximum atomic E-state index is 2.44. The summed E-state index contributed by atoms with van der Waals surface area (Å²) >= 11 is 0. The maximum absolute atomic E-state index is 2.44. The Bertz CT molecular complexity index is 1510. The number of nitrogens with zero attached hydrogens (tertiary/aromatic N) is 2. The lowest BCUT2D eigenvalue weighted by Gasteiger charge is -2.21. The molecule has 2 heteroatoms. The van der Waals surface area contributed by atoms with E-state index in [1.165, 1.54) is 61.0 Å². The van der Waals surface area contributed by atoms with Gasteiger partial charge in [-0.2, -0.15) is 4.57 Å². The molecule has 0 aliphatic rings. The van der Waals surface area contributed by atoms with Crippen molar-refractivity contribution >= 4 is 21.8 Å². The molecule has 0 saturated carbocycles. The van der Waals surface area contributed by atoms with Gasteiger partial charge in [0.2, 0.25) is 0 Å². The molecular weight excluding hydrogens is 412 g/mol. The van der Waals surface area contributed by atoms with Crippen molar-refractivity contribution in [2.24, 2.45) is 7.05 Å². The molecule has 0 radical (unpaired) electrons. The van der Waals surface area contributed by atoms with Crippen LogP contribution in [0.1, 0.15) is 61.8 Å². The predicted molar refractivity (Wildman–Crippen MR) is 145 cm³/mol. The van der Waals surface area contributed by atoms with E-state index in [1.807, 2.05) is 0 Å². The van der Waals surface area contributed by atoms with Gasteiger partial charge in [-0.3, -0.25) is 0 Å². The van der Waals surface area contributed by atoms with E-state index >= 15 is 0 Å². The molecular formula is C32H35N2+. The first-order valence-corrected chi connectivity index (χ1v) is 12.4. The Morgan fingerprint density at radius 3 is 2.00 bits per heavy atom. The van der Waals surface area contributed by atoms with Crippen LogP contribution in [-0.4, -0.2) is 4.57 Å². The third-order valence-electron chi connectivity index (χ3n) is 7.22. The van der Waals surface area contributed by atoms with E-state index in [9.17, 15) is 0 Å². The minimum atomic E-state index is 0.470. The molecule has 0 unspecified atom stereocenters. The molecule has 2 heterocycles. The average Bonchev–Trinajstić information content (AvgIpc) is 3.15. The molecule has 172 valence electrons. The van der Waals surface area contributed by atoms with Gasteiger partial charge in [0.25, 0.3) is 5.82 Å². The molecule has 34 heavy (non-hydrogen) atoms. The Kier molecular flexibility index (Phi) is 5.56. The van der Waals surface area contributed by atoms with Crippen molar-refractivity contribution in [1.29, 1.82) is 0 Å². The molecule has 0 saturated heterocycles. The number of pyridine rings is 1. The molecule has 0 bridgehead atoms. The second-order valence-corrected chi connectivity index (χ2v) is 10.3. The Morgan fingerprint density at radius 1 is 0.706 bits per heavy atom. The summed E-state index contributed by atoms with van der Waals surface area (Å²) in [6, 6.07) is 24.6. The topological polar surface area (TPSA) is 8.81 Å². The van der Waals surface area contributed by atoms with Crippen LogP contribution in [-0.2, 0) is 7.05 Å². The number of hydrogen-bond acceptors (Lipinski definition) is 0. The fourth-order valence-corrected chi connectivity index (χ4v) is 5.51. The molecule has 0 aliphatic heterocycles. The van der Waals surface area contributed by atoms with Gasteiger partial charge in [-0.1, -0.05) is 70.2 Å². The van der Waals surface area contributed by atoms with Crippen LogP contribution >= 0.6 is 0 Å². The van der Waals surface area contributed by atoms with Crippen LogP contribution in [0, 0.1) is 13.8 Å². The van der Waals surface area contributed by atoms with E-state index in [2.05, 4.69) is 131 Å². The zero-order valence-electron chi connectivity index (χ0n) is 21.5. The number of rotatable bonds is 4. The lowest BCUT2D eigenvalue weighted by Crippen LogP contribution is -2.34. The highest BCUT2D eigenvalue weighted by atomic mass is 15.1. The van der Waals surface area contributed by atoms with Gasteiger partial charge in [0.05, 0.1) is 13.2 Å². The van der Waals surface area contributed by atoms with Crippen LogP contribution in [0.4, 0.5) is 0 Å². The van der Waals surface area contributed by atoms with Crippen molar-refractivity contribution in [3.8, 4) is 16.9 Å². The van der Waals surface area contributed by atoms with Crippen LogP contribution in [0.2, 0.25) is 0 Å². The third kappa shape index (κ3) is 3.44. The first-order valence-electron chi connectivity index (χ1n) is 12.4. The summed E-state index contributed by atoms with van der Waals surface area (Å²) in [5, 5.41) is 2.61. The van der Waals surface area contributed by atoms with Crippen LogP contribution in [0.15, 0.2) is 72.9 Å². The zero-order chi connectivity index (χ0) is 24.1. The number of aromatic nitrogens is 2. The predicted octanol–water partition coefficient (Wildman–Crippen LogP) is 8.14. The van der Waals surface area contributed by atoms with E-state index in [-0.39, 0.29) is 0 Å². The van der Waals surface area contributed by atoms with Crippen LogP contribution < -0.4 is 4.57 Å². The second-order valence-electron chi connectivity index (χ2n) is 10.3. The molecule has 0 spiro atoms. The standard InChI is InChI=1S/C32H35N2/c1-20(2)24-14-11-15-25(21(3)4)31(24)28-19-33(7)30(18-23(28)6)34-29-17-9-8-13-26(29)27-16-10-12-22(5)32(27)34/h8-21H,1-7H3/q+1. The van der Waals surface area contributed by atoms with Gasteiger partial charge >= 0.3 is 0 Å². The third-order valence-corrected chi connectivity index (χ3v) is 7.22. The van der Waals surface area contributed by atoms with Crippen molar-refractivity contribution in [3.05, 3.63) is 95.2 Å². The summed E-state index contributed by atoms with van der Waals surface area (Å²) < 4.78 is 4.75. The quantitative estimate of drug-likeness (QED) is 0.246. The summed E-state index contributed by atoms with van der Waals surface area (Å²) in [6.45, 7) is 13.7. The summed E-state index contributed by atoms with van der Waals surface area (Å²) in [6.07, 6.45) is 2.34. The molecule has 0 N–H and O–H groups in total. The maximum Gasteiger partial charge on any atom is 0.287 e. The number of fused-ring (bicyclic) bond motifs is 3. The minimum absolute atomic E-state index is 0.470. The average molecular weight is 448 g/mol. The Labute approximate surface area is 203 Å². The number of hydrogen-bond donors (Lipinski definition) is 0. The molecule has 5 rings (SSSR count). The van der Waals surface area contributed by atoms with Crippen LogP contribution in [0.3, 0.4) is 0 Å². The zero-order valence-corrected chi connectivity index (χ0v) is 21.5. The number of aryl methyl sites for hydroxylation is 3. The van der Waals surface area contributed by atoms with E-state index in [0.717, 1.165) is 0 Å². The highest BCUT2D eigenvalue weighted by molar-refractivity contribution is 6.10. The minimum Gasteiger partial charge on any atom is -0.236 e. The summed E-state index contributed by atoms with van der Waals surface area (Å²) in [7, 11) is 2.18. The molecule has 5 aromatic rings. The molecule has 2 aromatic heterocycles. The van der Waals surface area contributed by atoms with Gasteiger partial charge in [-0.25, -0.2) is 4.57 Å². The second kappa shape index (κ2) is 8.43. The van der Waals surface area contributed by atoms with Crippen LogP contribution in [0.5, 0.6) is 0 Å². The van der Waals surface area contributed by atoms with Crippen LogP contribution in [0.25, 0.3) is 38.8 Å². The van der Waals surface area contributed by atoms with Gasteiger partial charge in [-0.15, -0.1) is 0 Å². The van der Waals surface area contributed by atoms with Gasteiger partial charge < -0.3 is 0 Å². The van der Waals surface area contributed by atoms with Crippen molar-refractivity contribution in [1.82, 2.24) is 4.57 Å². The van der Waals surface area contributed by atoms with E-state index in [0.29, 0.717) is 11.8 Å². The van der Waals surface area contributed by atoms with Crippen molar-refractivity contribution in [2.75, 3.05) is 0 Å². The summed E-state index contributed by atoms with van der Waals surface area (Å²) in [4.78, 5) is 0. The molecule has 0 fully saturated rings. The van der Waals surface area contributed by atoms with Crippen molar-refractivity contribution < 1.29 is 4.57 Å². The molecule has 0 amide bonds. The van der Waals surface area contributed by atoms with Gasteiger partial charge in [0.1, 0.15) is 11.0 Å². The molecule has 0 aliphatic carbocycles.